The van der Waals surface area contributed by atoms with E-state index in [0.29, 0.717) is 0 Å². The Kier molecular flexibility index (Phi) is 2.24. The Labute approximate surface area is 97.5 Å². The van der Waals surface area contributed by atoms with Gasteiger partial charge in [0.25, 0.3) is 0 Å². The van der Waals surface area contributed by atoms with Crippen LogP contribution in [0.15, 0.2) is 47.5 Å². The van der Waals surface area contributed by atoms with Gasteiger partial charge in [0.05, 0.1) is 0 Å². The average molecular weight is 275 g/mol. The second-order valence-electron chi connectivity index (χ2n) is 3.42. The Balaban J connectivity index is 2.28. The number of aromatic amines is 1. The monoisotopic (exact) mass is 276 g/mol. The molecule has 0 unspecified atom stereocenters. The van der Waals surface area contributed by atoms with Crippen LogP contribution in [0.1, 0.15) is 0 Å². The summed E-state index contributed by atoms with van der Waals surface area (Å²) in [7, 11) is 0. The Hall–Kier alpha value is -1.64. The van der Waals surface area contributed by atoms with Gasteiger partial charge in [0.1, 0.15) is 0 Å². The molecule has 2 aromatic heterocycles. The van der Waals surface area contributed by atoms with E-state index in [-0.39, 0.29) is 20.1 Å². The van der Waals surface area contributed by atoms with E-state index >= 15 is 0 Å². The second kappa shape index (κ2) is 3.74. The van der Waals surface area contributed by atoms with Crippen LogP contribution < -0.4 is 5.56 Å². The molecule has 0 fully saturated rings. The standard InChI is InChI=1S/C12H8N2OSe/c15-12-11-9(13-7-14-12)6-10(16-11)8-4-2-1-3-5-8/h1-7H,(H,13,14,15). The van der Waals surface area contributed by atoms with Crippen molar-refractivity contribution in [2.24, 2.45) is 0 Å². The molecule has 0 aliphatic rings. The molecular formula is C12H8N2OSe. The van der Waals surface area contributed by atoms with Crippen LogP contribution in [0.5, 0.6) is 0 Å². The van der Waals surface area contributed by atoms with Crippen LogP contribution in [0.3, 0.4) is 0 Å². The number of hydrogen-bond acceptors (Lipinski definition) is 2. The molecule has 0 atom stereocenters. The predicted octanol–water partition coefficient (Wildman–Crippen LogP) is 1.65. The topological polar surface area (TPSA) is 45.8 Å². The molecule has 16 heavy (non-hydrogen) atoms. The molecule has 4 heteroatoms. The first-order valence-electron chi connectivity index (χ1n) is 4.87. The van der Waals surface area contributed by atoms with Gasteiger partial charge in [0.2, 0.25) is 0 Å². The average Bonchev–Trinajstić information content (AvgIpc) is 2.76. The molecule has 0 radical (unpaired) electrons. The molecule has 0 spiro atoms. The van der Waals surface area contributed by atoms with E-state index in [1.165, 1.54) is 16.3 Å². The Morgan fingerprint density at radius 1 is 1.19 bits per heavy atom. The Morgan fingerprint density at radius 3 is 2.75 bits per heavy atom. The molecule has 0 aliphatic carbocycles. The zero-order chi connectivity index (χ0) is 11.0. The van der Waals surface area contributed by atoms with E-state index in [1.54, 1.807) is 0 Å². The molecule has 0 amide bonds. The first-order valence-corrected chi connectivity index (χ1v) is 6.58. The molecule has 3 rings (SSSR count). The Bertz CT molecular complexity index is 685. The molecular weight excluding hydrogens is 267 g/mol. The van der Waals surface area contributed by atoms with Gasteiger partial charge < -0.3 is 0 Å². The summed E-state index contributed by atoms with van der Waals surface area (Å²) in [5.41, 5.74) is 2.00. The molecule has 0 bridgehead atoms. The van der Waals surface area contributed by atoms with Crippen molar-refractivity contribution >= 4 is 24.3 Å². The maximum atomic E-state index is 11.6. The summed E-state index contributed by atoms with van der Waals surface area (Å²) in [6.45, 7) is 0. The predicted molar refractivity (Wildman–Crippen MR) is 64.7 cm³/mol. The number of rotatable bonds is 1. The number of benzene rings is 1. The second-order valence-corrected chi connectivity index (χ2v) is 5.63. The summed E-state index contributed by atoms with van der Waals surface area (Å²) >= 11 is 0.0680. The van der Waals surface area contributed by atoms with Crippen molar-refractivity contribution in [1.82, 2.24) is 9.97 Å². The third kappa shape index (κ3) is 1.52. The van der Waals surface area contributed by atoms with E-state index in [4.69, 9.17) is 0 Å². The number of aromatic nitrogens is 2. The molecule has 2 heterocycles. The molecule has 3 aromatic rings. The van der Waals surface area contributed by atoms with Crippen molar-refractivity contribution in [3.8, 4) is 10.0 Å². The van der Waals surface area contributed by atoms with Crippen molar-refractivity contribution in [2.45, 2.75) is 0 Å². The van der Waals surface area contributed by atoms with E-state index in [1.807, 2.05) is 24.3 Å². The summed E-state index contributed by atoms with van der Waals surface area (Å²) in [5.74, 6) is 0. The third-order valence-corrected chi connectivity index (χ3v) is 4.84. The van der Waals surface area contributed by atoms with Crippen LogP contribution in [0.25, 0.3) is 19.8 Å². The van der Waals surface area contributed by atoms with Crippen molar-refractivity contribution in [2.75, 3.05) is 0 Å². The zero-order valence-electron chi connectivity index (χ0n) is 8.31. The van der Waals surface area contributed by atoms with Crippen LogP contribution in [0.4, 0.5) is 0 Å². The first kappa shape index (κ1) is 9.58. The van der Waals surface area contributed by atoms with Gasteiger partial charge in [0.15, 0.2) is 0 Å². The molecule has 1 aromatic carbocycles. The molecule has 78 valence electrons. The van der Waals surface area contributed by atoms with Gasteiger partial charge in [0, 0.05) is 0 Å². The fraction of sp³-hybridized carbons (Fsp3) is 0. The first-order chi connectivity index (χ1) is 7.84. The molecule has 0 saturated carbocycles. The number of H-pyrrole nitrogens is 1. The van der Waals surface area contributed by atoms with Crippen molar-refractivity contribution < 1.29 is 0 Å². The van der Waals surface area contributed by atoms with E-state index in [0.717, 1.165) is 9.78 Å². The summed E-state index contributed by atoms with van der Waals surface area (Å²) in [4.78, 5) is 18.4. The minimum atomic E-state index is -0.00724. The van der Waals surface area contributed by atoms with Gasteiger partial charge in [-0.05, 0) is 0 Å². The van der Waals surface area contributed by atoms with Gasteiger partial charge in [-0.1, -0.05) is 0 Å². The van der Waals surface area contributed by atoms with Crippen molar-refractivity contribution in [3.63, 3.8) is 0 Å². The number of nitrogens with zero attached hydrogens (tertiary/aromatic N) is 1. The van der Waals surface area contributed by atoms with Gasteiger partial charge in [-0.15, -0.1) is 0 Å². The minimum absolute atomic E-state index is 0.00724. The zero-order valence-corrected chi connectivity index (χ0v) is 10.0. The summed E-state index contributed by atoms with van der Waals surface area (Å²) < 4.78 is 2.04. The quantitative estimate of drug-likeness (QED) is 0.686. The molecule has 0 aliphatic heterocycles. The fourth-order valence-electron chi connectivity index (χ4n) is 1.61. The number of hydrogen-bond donors (Lipinski definition) is 1. The van der Waals surface area contributed by atoms with Crippen LogP contribution >= 0.6 is 0 Å². The molecule has 0 saturated heterocycles. The summed E-state index contributed by atoms with van der Waals surface area (Å²) in [6, 6.07) is 12.1. The maximum absolute atomic E-state index is 11.6. The number of nitrogens with one attached hydrogen (secondary N) is 1. The van der Waals surface area contributed by atoms with Crippen LogP contribution in [0, 0.1) is 0 Å². The van der Waals surface area contributed by atoms with E-state index in [9.17, 15) is 4.79 Å². The van der Waals surface area contributed by atoms with Crippen LogP contribution in [0.2, 0.25) is 0 Å². The van der Waals surface area contributed by atoms with Crippen molar-refractivity contribution in [3.05, 3.63) is 53.1 Å². The SMILES string of the molecule is O=c1[nH]cnc2cc(-c3ccccc3)[se]c12. The van der Waals surface area contributed by atoms with Crippen molar-refractivity contribution in [1.29, 1.82) is 0 Å². The van der Waals surface area contributed by atoms with Gasteiger partial charge >= 0.3 is 97.3 Å². The summed E-state index contributed by atoms with van der Waals surface area (Å²) in [5, 5.41) is 0. The number of fused-ring (bicyclic) bond motifs is 1. The fourth-order valence-corrected chi connectivity index (χ4v) is 3.73. The third-order valence-electron chi connectivity index (χ3n) is 2.38. The van der Waals surface area contributed by atoms with Gasteiger partial charge in [-0.3, -0.25) is 0 Å². The van der Waals surface area contributed by atoms with E-state index in [2.05, 4.69) is 22.1 Å². The van der Waals surface area contributed by atoms with Gasteiger partial charge in [-0.25, -0.2) is 0 Å². The summed E-state index contributed by atoms with van der Waals surface area (Å²) in [6.07, 6.45) is 1.46. The normalized spacial score (nSPS) is 10.8. The Morgan fingerprint density at radius 2 is 2.00 bits per heavy atom. The van der Waals surface area contributed by atoms with E-state index < -0.39 is 0 Å². The molecule has 1 N–H and O–H groups in total. The van der Waals surface area contributed by atoms with Crippen LogP contribution in [-0.4, -0.2) is 24.5 Å². The van der Waals surface area contributed by atoms with Crippen LogP contribution in [-0.2, 0) is 0 Å². The van der Waals surface area contributed by atoms with Gasteiger partial charge in [-0.2, -0.15) is 0 Å². The molecule has 3 nitrogen and oxygen atoms in total.